The first-order chi connectivity index (χ1) is 11.6. The van der Waals surface area contributed by atoms with Gasteiger partial charge in [0.15, 0.2) is 0 Å². The van der Waals surface area contributed by atoms with Crippen LogP contribution in [-0.2, 0) is 22.7 Å². The van der Waals surface area contributed by atoms with Crippen LogP contribution < -0.4 is 5.32 Å². The van der Waals surface area contributed by atoms with Crippen molar-refractivity contribution in [2.75, 3.05) is 6.61 Å². The Bertz CT molecular complexity index is 663. The van der Waals surface area contributed by atoms with Gasteiger partial charge in [-0.25, -0.2) is 0 Å². The van der Waals surface area contributed by atoms with Crippen LogP contribution in [-0.4, -0.2) is 28.8 Å². The zero-order chi connectivity index (χ0) is 17.4. The molecule has 0 saturated heterocycles. The van der Waals surface area contributed by atoms with Crippen molar-refractivity contribution in [2.24, 2.45) is 0 Å². The van der Waals surface area contributed by atoms with Crippen LogP contribution in [0, 0.1) is 0 Å². The first-order valence-electron chi connectivity index (χ1n) is 7.59. The second-order valence-corrected chi connectivity index (χ2v) is 5.80. The monoisotopic (exact) mass is 349 g/mol. The summed E-state index contributed by atoms with van der Waals surface area (Å²) in [4.78, 5) is 11.0. The fourth-order valence-corrected chi connectivity index (χ4v) is 2.44. The third-order valence-corrected chi connectivity index (χ3v) is 3.93. The molecule has 2 aromatic rings. The molecular formula is C18H20ClNO4. The molecule has 128 valence electrons. The number of hydrogen-bond donors (Lipinski definition) is 3. The number of hydrogen-bond acceptors (Lipinski definition) is 4. The van der Waals surface area contributed by atoms with Gasteiger partial charge in [0.1, 0.15) is 5.75 Å². The van der Waals surface area contributed by atoms with E-state index in [4.69, 9.17) is 21.4 Å². The van der Waals surface area contributed by atoms with Crippen molar-refractivity contribution in [1.82, 2.24) is 5.32 Å². The van der Waals surface area contributed by atoms with E-state index in [1.807, 2.05) is 30.3 Å². The van der Waals surface area contributed by atoms with E-state index in [-0.39, 0.29) is 29.8 Å². The predicted octanol–water partition coefficient (Wildman–Crippen LogP) is 3.20. The first kappa shape index (κ1) is 18.3. The summed E-state index contributed by atoms with van der Waals surface area (Å²) >= 11 is 6.03. The molecular weight excluding hydrogens is 330 g/mol. The minimum atomic E-state index is -0.905. The van der Waals surface area contributed by atoms with E-state index in [2.05, 4.69) is 5.32 Å². The second-order valence-electron chi connectivity index (χ2n) is 5.43. The second kappa shape index (κ2) is 9.27. The molecule has 1 atom stereocenters. The van der Waals surface area contributed by atoms with Crippen molar-refractivity contribution in [1.29, 1.82) is 0 Å². The third-order valence-electron chi connectivity index (χ3n) is 3.49. The van der Waals surface area contributed by atoms with Crippen LogP contribution in [0.1, 0.15) is 17.5 Å². The molecule has 24 heavy (non-hydrogen) atoms. The van der Waals surface area contributed by atoms with Gasteiger partial charge >= 0.3 is 5.97 Å². The lowest BCUT2D eigenvalue weighted by Gasteiger charge is -2.18. The van der Waals surface area contributed by atoms with Gasteiger partial charge in [-0.05, 0) is 17.2 Å². The number of carboxylic acids is 1. The summed E-state index contributed by atoms with van der Waals surface area (Å²) in [5, 5.41) is 22.0. The summed E-state index contributed by atoms with van der Waals surface area (Å²) in [5.74, 6) is -0.899. The molecule has 3 N–H and O–H groups in total. The van der Waals surface area contributed by atoms with E-state index in [1.165, 1.54) is 6.07 Å². The topological polar surface area (TPSA) is 78.8 Å². The third kappa shape index (κ3) is 5.85. The average molecular weight is 350 g/mol. The van der Waals surface area contributed by atoms with Gasteiger partial charge in [0, 0.05) is 12.6 Å². The Morgan fingerprint density at radius 3 is 2.62 bits per heavy atom. The van der Waals surface area contributed by atoms with E-state index in [0.29, 0.717) is 18.7 Å². The molecule has 0 radical (unpaired) electrons. The van der Waals surface area contributed by atoms with Crippen molar-refractivity contribution in [3.05, 3.63) is 64.7 Å². The van der Waals surface area contributed by atoms with Crippen molar-refractivity contribution < 1.29 is 19.7 Å². The van der Waals surface area contributed by atoms with Crippen molar-refractivity contribution >= 4 is 17.6 Å². The molecule has 0 spiro atoms. The van der Waals surface area contributed by atoms with E-state index in [9.17, 15) is 9.90 Å². The van der Waals surface area contributed by atoms with Gasteiger partial charge in [0.2, 0.25) is 0 Å². The summed E-state index contributed by atoms with van der Waals surface area (Å²) in [7, 11) is 0. The van der Waals surface area contributed by atoms with Gasteiger partial charge in [-0.1, -0.05) is 54.1 Å². The molecule has 0 saturated carbocycles. The van der Waals surface area contributed by atoms with Crippen LogP contribution in [0.25, 0.3) is 0 Å². The molecule has 0 amide bonds. The highest BCUT2D eigenvalue weighted by atomic mass is 35.5. The zero-order valence-corrected chi connectivity index (χ0v) is 13.9. The molecule has 0 heterocycles. The highest BCUT2D eigenvalue weighted by Gasteiger charge is 2.14. The fourth-order valence-electron chi connectivity index (χ4n) is 2.25. The largest absolute Gasteiger partial charge is 0.506 e. The van der Waals surface area contributed by atoms with Crippen LogP contribution in [0.2, 0.25) is 5.02 Å². The van der Waals surface area contributed by atoms with Crippen LogP contribution in [0.15, 0.2) is 48.5 Å². The number of phenolic OH excluding ortho intramolecular Hbond substituents is 1. The zero-order valence-electron chi connectivity index (χ0n) is 13.1. The van der Waals surface area contributed by atoms with Crippen molar-refractivity contribution in [2.45, 2.75) is 25.6 Å². The maximum Gasteiger partial charge on any atom is 0.305 e. The fraction of sp³-hybridized carbons (Fsp3) is 0.278. The van der Waals surface area contributed by atoms with Gasteiger partial charge in [0.25, 0.3) is 0 Å². The Morgan fingerprint density at radius 1 is 1.17 bits per heavy atom. The van der Waals surface area contributed by atoms with Crippen LogP contribution >= 0.6 is 11.6 Å². The highest BCUT2D eigenvalue weighted by molar-refractivity contribution is 6.32. The van der Waals surface area contributed by atoms with Crippen molar-refractivity contribution in [3.8, 4) is 5.75 Å². The standard InChI is InChI=1S/C18H20ClNO4/c19-18-14(7-4-8-16(18)21)10-20-15(9-17(22)23)12-24-11-13-5-2-1-3-6-13/h1-8,15,20-21H,9-12H2,(H,22,23)/t15-/m1/s1. The summed E-state index contributed by atoms with van der Waals surface area (Å²) < 4.78 is 5.62. The number of rotatable bonds is 9. The number of carboxylic acid groups (broad SMARTS) is 1. The van der Waals surface area contributed by atoms with Crippen LogP contribution in [0.5, 0.6) is 5.75 Å². The number of nitrogens with one attached hydrogen (secondary N) is 1. The minimum Gasteiger partial charge on any atom is -0.506 e. The lowest BCUT2D eigenvalue weighted by molar-refractivity contribution is -0.138. The van der Waals surface area contributed by atoms with E-state index >= 15 is 0 Å². The first-order valence-corrected chi connectivity index (χ1v) is 7.97. The molecule has 0 aliphatic heterocycles. The molecule has 0 unspecified atom stereocenters. The number of benzene rings is 2. The van der Waals surface area contributed by atoms with Crippen molar-refractivity contribution in [3.63, 3.8) is 0 Å². The number of aromatic hydroxyl groups is 1. The highest BCUT2D eigenvalue weighted by Crippen LogP contribution is 2.26. The van der Waals surface area contributed by atoms with Gasteiger partial charge in [-0.15, -0.1) is 0 Å². The molecule has 5 nitrogen and oxygen atoms in total. The molecule has 0 fully saturated rings. The quantitative estimate of drug-likeness (QED) is 0.648. The minimum absolute atomic E-state index is 0.00563. The molecule has 0 aliphatic rings. The number of phenols is 1. The number of halogens is 1. The summed E-state index contributed by atoms with van der Waals surface area (Å²) in [5.41, 5.74) is 1.73. The molecule has 2 aromatic carbocycles. The smallest absolute Gasteiger partial charge is 0.305 e. The summed E-state index contributed by atoms with van der Waals surface area (Å²) in [6.45, 7) is 1.03. The summed E-state index contributed by atoms with van der Waals surface area (Å²) in [6, 6.07) is 14.3. The Morgan fingerprint density at radius 2 is 1.92 bits per heavy atom. The molecule has 0 aromatic heterocycles. The Hall–Kier alpha value is -2.08. The number of ether oxygens (including phenoxy) is 1. The van der Waals surface area contributed by atoms with E-state index < -0.39 is 5.97 Å². The Balaban J connectivity index is 1.88. The summed E-state index contributed by atoms with van der Waals surface area (Å²) in [6.07, 6.45) is -0.0643. The lowest BCUT2D eigenvalue weighted by atomic mass is 10.1. The number of carbonyl (C=O) groups is 1. The number of aliphatic carboxylic acids is 1. The SMILES string of the molecule is O=C(O)C[C@H](COCc1ccccc1)NCc1cccc(O)c1Cl. The molecule has 0 bridgehead atoms. The average Bonchev–Trinajstić information content (AvgIpc) is 2.56. The van der Waals surface area contributed by atoms with Gasteiger partial charge < -0.3 is 20.3 Å². The van der Waals surface area contributed by atoms with E-state index in [0.717, 1.165) is 5.56 Å². The van der Waals surface area contributed by atoms with E-state index in [1.54, 1.807) is 12.1 Å². The molecule has 2 rings (SSSR count). The molecule has 6 heteroatoms. The maximum atomic E-state index is 11.0. The van der Waals surface area contributed by atoms with Gasteiger partial charge in [0.05, 0.1) is 24.7 Å². The predicted molar refractivity (Wildman–Crippen MR) is 92.1 cm³/mol. The maximum absolute atomic E-state index is 11.0. The molecule has 0 aliphatic carbocycles. The Labute approximate surface area is 145 Å². The lowest BCUT2D eigenvalue weighted by Crippen LogP contribution is -2.35. The Kier molecular flexibility index (Phi) is 7.06. The normalized spacial score (nSPS) is 12.0. The van der Waals surface area contributed by atoms with Gasteiger partial charge in [-0.2, -0.15) is 0 Å². The van der Waals surface area contributed by atoms with Crippen LogP contribution in [0.4, 0.5) is 0 Å². The van der Waals surface area contributed by atoms with Crippen LogP contribution in [0.3, 0.4) is 0 Å². The van der Waals surface area contributed by atoms with Gasteiger partial charge in [-0.3, -0.25) is 4.79 Å².